The second-order valence-corrected chi connectivity index (χ2v) is 4.19. The van der Waals surface area contributed by atoms with Crippen molar-refractivity contribution in [3.63, 3.8) is 0 Å². The molecular weight excluding hydrogens is 200 g/mol. The smallest absolute Gasteiger partial charge is 0.230 e. The number of aromatic nitrogens is 1. The normalized spacial score (nSPS) is 21.1. The number of carbonyl (C=O) groups excluding carboxylic acids is 1. The van der Waals surface area contributed by atoms with Crippen LogP contribution in [0.1, 0.15) is 12.1 Å². The number of amides is 1. The van der Waals surface area contributed by atoms with Gasteiger partial charge < -0.3 is 10.1 Å². The van der Waals surface area contributed by atoms with Crippen molar-refractivity contribution in [1.82, 2.24) is 4.37 Å². The summed E-state index contributed by atoms with van der Waals surface area (Å²) in [6, 6.07) is 1.87. The van der Waals surface area contributed by atoms with Crippen LogP contribution in [0, 0.1) is 12.8 Å². The Balaban J connectivity index is 1.93. The number of anilines is 1. The van der Waals surface area contributed by atoms with Gasteiger partial charge in [0.05, 0.1) is 18.2 Å². The van der Waals surface area contributed by atoms with E-state index in [0.29, 0.717) is 13.2 Å². The number of nitrogens with one attached hydrogen (secondary N) is 1. The van der Waals surface area contributed by atoms with Crippen LogP contribution in [0.4, 0.5) is 5.00 Å². The van der Waals surface area contributed by atoms with Crippen molar-refractivity contribution in [1.29, 1.82) is 0 Å². The van der Waals surface area contributed by atoms with E-state index in [4.69, 9.17) is 4.74 Å². The Hall–Kier alpha value is -0.940. The summed E-state index contributed by atoms with van der Waals surface area (Å²) >= 11 is 1.31. The lowest BCUT2D eigenvalue weighted by atomic mass is 10.1. The zero-order valence-corrected chi connectivity index (χ0v) is 8.76. The second kappa shape index (κ2) is 4.06. The van der Waals surface area contributed by atoms with Gasteiger partial charge in [0, 0.05) is 6.61 Å². The van der Waals surface area contributed by atoms with Crippen molar-refractivity contribution in [2.24, 2.45) is 5.92 Å². The fourth-order valence-electron chi connectivity index (χ4n) is 1.39. The molecule has 0 saturated carbocycles. The molecule has 0 aromatic carbocycles. The maximum absolute atomic E-state index is 11.6. The lowest BCUT2D eigenvalue weighted by Crippen LogP contribution is -2.22. The van der Waals surface area contributed by atoms with Gasteiger partial charge in [-0.2, -0.15) is 4.37 Å². The van der Waals surface area contributed by atoms with Crippen molar-refractivity contribution in [2.45, 2.75) is 13.3 Å². The number of hydrogen-bond acceptors (Lipinski definition) is 4. The first kappa shape index (κ1) is 9.61. The number of nitrogens with zero attached hydrogens (tertiary/aromatic N) is 1. The molecule has 14 heavy (non-hydrogen) atoms. The number of carbonyl (C=O) groups is 1. The highest BCUT2D eigenvalue weighted by Gasteiger charge is 2.23. The van der Waals surface area contributed by atoms with Gasteiger partial charge in [-0.05, 0) is 30.9 Å². The van der Waals surface area contributed by atoms with E-state index in [-0.39, 0.29) is 11.8 Å². The summed E-state index contributed by atoms with van der Waals surface area (Å²) in [6.45, 7) is 3.15. The third-order valence-corrected chi connectivity index (χ3v) is 2.97. The Labute approximate surface area is 86.4 Å². The molecule has 1 saturated heterocycles. The van der Waals surface area contributed by atoms with Gasteiger partial charge >= 0.3 is 0 Å². The van der Waals surface area contributed by atoms with Crippen LogP contribution >= 0.6 is 11.5 Å². The van der Waals surface area contributed by atoms with E-state index in [1.54, 1.807) is 0 Å². The van der Waals surface area contributed by atoms with E-state index in [1.807, 2.05) is 13.0 Å². The molecule has 1 unspecified atom stereocenters. The highest BCUT2D eigenvalue weighted by molar-refractivity contribution is 7.10. The van der Waals surface area contributed by atoms with Crippen LogP contribution in [-0.2, 0) is 9.53 Å². The maximum Gasteiger partial charge on any atom is 0.230 e. The fraction of sp³-hybridized carbons (Fsp3) is 0.556. The Morgan fingerprint density at radius 2 is 2.64 bits per heavy atom. The average Bonchev–Trinajstić information content (AvgIpc) is 2.75. The summed E-state index contributed by atoms with van der Waals surface area (Å²) in [5.74, 6) is 0.0588. The molecule has 1 aliphatic rings. The van der Waals surface area contributed by atoms with Crippen molar-refractivity contribution in [2.75, 3.05) is 18.5 Å². The first-order chi connectivity index (χ1) is 6.75. The Kier molecular flexibility index (Phi) is 2.79. The molecule has 0 spiro atoms. The lowest BCUT2D eigenvalue weighted by molar-refractivity contribution is -0.119. The number of aryl methyl sites for hydroxylation is 1. The van der Waals surface area contributed by atoms with Crippen LogP contribution < -0.4 is 5.32 Å². The van der Waals surface area contributed by atoms with Crippen LogP contribution in [0.5, 0.6) is 0 Å². The molecule has 1 atom stereocenters. The van der Waals surface area contributed by atoms with Crippen molar-refractivity contribution < 1.29 is 9.53 Å². The SMILES string of the molecule is Cc1cc(NC(=O)C2CCOC2)sn1. The first-order valence-electron chi connectivity index (χ1n) is 4.57. The highest BCUT2D eigenvalue weighted by Crippen LogP contribution is 2.19. The zero-order valence-electron chi connectivity index (χ0n) is 7.95. The molecule has 1 amide bonds. The van der Waals surface area contributed by atoms with Gasteiger partial charge in [-0.25, -0.2) is 0 Å². The minimum atomic E-state index is 0.0115. The average molecular weight is 212 g/mol. The van der Waals surface area contributed by atoms with E-state index in [0.717, 1.165) is 17.1 Å². The molecule has 2 rings (SSSR count). The van der Waals surface area contributed by atoms with Gasteiger partial charge in [-0.15, -0.1) is 0 Å². The topological polar surface area (TPSA) is 51.2 Å². The quantitative estimate of drug-likeness (QED) is 0.806. The summed E-state index contributed by atoms with van der Waals surface area (Å²) in [5, 5.41) is 3.66. The molecule has 0 bridgehead atoms. The zero-order chi connectivity index (χ0) is 9.97. The van der Waals surface area contributed by atoms with Crippen LogP contribution in [0.15, 0.2) is 6.07 Å². The summed E-state index contributed by atoms with van der Waals surface area (Å²) in [6.07, 6.45) is 0.823. The van der Waals surface area contributed by atoms with Gasteiger partial charge in [0.15, 0.2) is 0 Å². The lowest BCUT2D eigenvalue weighted by Gasteiger charge is -2.06. The third kappa shape index (κ3) is 2.10. The number of ether oxygens (including phenoxy) is 1. The van der Waals surface area contributed by atoms with Crippen molar-refractivity contribution in [3.8, 4) is 0 Å². The molecular formula is C9H12N2O2S. The Morgan fingerprint density at radius 1 is 1.79 bits per heavy atom. The number of rotatable bonds is 2. The minimum absolute atomic E-state index is 0.0115. The fourth-order valence-corrected chi connectivity index (χ4v) is 2.05. The van der Waals surface area contributed by atoms with Crippen LogP contribution in [0.25, 0.3) is 0 Å². The van der Waals surface area contributed by atoms with Gasteiger partial charge in [0.25, 0.3) is 0 Å². The molecule has 4 nitrogen and oxygen atoms in total. The van der Waals surface area contributed by atoms with Gasteiger partial charge in [-0.1, -0.05) is 0 Å². The summed E-state index contributed by atoms with van der Waals surface area (Å²) in [5.41, 5.74) is 0.938. The molecule has 5 heteroatoms. The Bertz CT molecular complexity index is 331. The predicted octanol–water partition coefficient (Wildman–Crippen LogP) is 1.43. The third-order valence-electron chi connectivity index (χ3n) is 2.17. The molecule has 1 N–H and O–H groups in total. The summed E-state index contributed by atoms with van der Waals surface area (Å²) in [7, 11) is 0. The summed E-state index contributed by atoms with van der Waals surface area (Å²) in [4.78, 5) is 11.6. The minimum Gasteiger partial charge on any atom is -0.381 e. The van der Waals surface area contributed by atoms with Crippen LogP contribution in [0.3, 0.4) is 0 Å². The van der Waals surface area contributed by atoms with Gasteiger partial charge in [-0.3, -0.25) is 4.79 Å². The standard InChI is InChI=1S/C9H12N2O2S/c1-6-4-8(14-11-6)10-9(12)7-2-3-13-5-7/h4,7H,2-3,5H2,1H3,(H,10,12). The van der Waals surface area contributed by atoms with Crippen LogP contribution in [0.2, 0.25) is 0 Å². The first-order valence-corrected chi connectivity index (χ1v) is 5.35. The molecule has 76 valence electrons. The maximum atomic E-state index is 11.6. The van der Waals surface area contributed by atoms with Gasteiger partial charge in [0.2, 0.25) is 5.91 Å². The van der Waals surface area contributed by atoms with Gasteiger partial charge in [0.1, 0.15) is 5.00 Å². The molecule has 1 fully saturated rings. The second-order valence-electron chi connectivity index (χ2n) is 3.38. The van der Waals surface area contributed by atoms with E-state index in [1.165, 1.54) is 11.5 Å². The highest BCUT2D eigenvalue weighted by atomic mass is 32.1. The monoisotopic (exact) mass is 212 g/mol. The molecule has 1 aromatic heterocycles. The van der Waals surface area contributed by atoms with E-state index < -0.39 is 0 Å². The molecule has 1 aliphatic heterocycles. The predicted molar refractivity (Wildman–Crippen MR) is 54.4 cm³/mol. The van der Waals surface area contributed by atoms with Crippen molar-refractivity contribution in [3.05, 3.63) is 11.8 Å². The molecule has 0 radical (unpaired) electrons. The molecule has 2 heterocycles. The largest absolute Gasteiger partial charge is 0.381 e. The number of hydrogen-bond donors (Lipinski definition) is 1. The van der Waals surface area contributed by atoms with Crippen molar-refractivity contribution >= 4 is 22.4 Å². The van der Waals surface area contributed by atoms with E-state index in [9.17, 15) is 4.79 Å². The van der Waals surface area contributed by atoms with Crippen LogP contribution in [-0.4, -0.2) is 23.5 Å². The molecule has 0 aliphatic carbocycles. The van der Waals surface area contributed by atoms with E-state index in [2.05, 4.69) is 9.69 Å². The Morgan fingerprint density at radius 3 is 3.21 bits per heavy atom. The van der Waals surface area contributed by atoms with E-state index >= 15 is 0 Å². The molecule has 1 aromatic rings. The summed E-state index contributed by atoms with van der Waals surface area (Å²) < 4.78 is 9.24.